The number of nitrogens with zero attached hydrogens (tertiary/aromatic N) is 2. The lowest BCUT2D eigenvalue weighted by Crippen LogP contribution is -2.29. The van der Waals surface area contributed by atoms with Crippen LogP contribution in [0.25, 0.3) is 0 Å². The van der Waals surface area contributed by atoms with Gasteiger partial charge in [0.25, 0.3) is 0 Å². The molecular weight excluding hydrogens is 487 g/mol. The Morgan fingerprint density at radius 3 is 2.55 bits per heavy atom. The maximum absolute atomic E-state index is 13.3. The third-order valence-corrected chi connectivity index (χ3v) is 9.41. The van der Waals surface area contributed by atoms with E-state index in [2.05, 4.69) is 5.10 Å². The Balaban J connectivity index is 2.13. The summed E-state index contributed by atoms with van der Waals surface area (Å²) < 4.78 is 55.9. The summed E-state index contributed by atoms with van der Waals surface area (Å²) in [5, 5.41) is 2.41. The van der Waals surface area contributed by atoms with Crippen LogP contribution < -0.4 is 4.18 Å². The number of carbonyl (C=O) groups excluding carboxylic acids is 1. The van der Waals surface area contributed by atoms with E-state index >= 15 is 0 Å². The summed E-state index contributed by atoms with van der Waals surface area (Å²) in [5.41, 5.74) is 0.765. The van der Waals surface area contributed by atoms with E-state index in [1.807, 2.05) is 0 Å². The monoisotopic (exact) mass is 508 g/mol. The van der Waals surface area contributed by atoms with Gasteiger partial charge in [0.15, 0.2) is 15.6 Å². The van der Waals surface area contributed by atoms with Crippen LogP contribution >= 0.6 is 23.2 Å². The summed E-state index contributed by atoms with van der Waals surface area (Å²) in [6.45, 7) is 5.30. The van der Waals surface area contributed by atoms with Gasteiger partial charge in [-0.15, -0.1) is 23.2 Å². The molecule has 2 aromatic rings. The van der Waals surface area contributed by atoms with E-state index in [4.69, 9.17) is 27.4 Å². The van der Waals surface area contributed by atoms with Crippen LogP contribution in [0.4, 0.5) is 0 Å². The molecule has 0 amide bonds. The SMILES string of the molecule is CCCS(=O)(=O)Oc1c(C(=O)c2ccc3c(c2C)C(Cl)C(Cl)CS3(=O)=O)cnn1CC. The second-order valence-corrected chi connectivity index (χ2v) is 11.9. The van der Waals surface area contributed by atoms with E-state index in [1.54, 1.807) is 20.8 Å². The Bertz CT molecular complexity index is 1240. The van der Waals surface area contributed by atoms with Gasteiger partial charge in [0.2, 0.25) is 5.88 Å². The lowest BCUT2D eigenvalue weighted by atomic mass is 9.94. The standard InChI is InChI=1S/C19H22Cl2N2O6S2/c1-4-8-31(27,28)29-19-13(9-22-23(19)5-2)18(24)12-6-7-15-16(11(12)3)17(21)14(20)10-30(15,25)26/h6-7,9,14,17H,4-5,8,10H2,1-3H3. The van der Waals surface area contributed by atoms with Crippen LogP contribution in [0.3, 0.4) is 0 Å². The molecule has 0 bridgehead atoms. The molecule has 1 aliphatic heterocycles. The number of alkyl halides is 2. The molecule has 0 spiro atoms. The molecule has 1 aromatic carbocycles. The summed E-state index contributed by atoms with van der Waals surface area (Å²) in [6, 6.07) is 2.72. The van der Waals surface area contributed by atoms with Crippen LogP contribution in [-0.2, 0) is 26.5 Å². The number of hydrogen-bond donors (Lipinski definition) is 0. The molecule has 2 atom stereocenters. The lowest BCUT2D eigenvalue weighted by molar-refractivity contribution is 0.103. The van der Waals surface area contributed by atoms with E-state index in [0.29, 0.717) is 12.0 Å². The van der Waals surface area contributed by atoms with Gasteiger partial charge in [-0.05, 0) is 43.5 Å². The number of hydrogen-bond acceptors (Lipinski definition) is 7. The van der Waals surface area contributed by atoms with Crippen LogP contribution in [0.2, 0.25) is 0 Å². The number of carbonyl (C=O) groups is 1. The first kappa shape index (κ1) is 24.0. The predicted octanol–water partition coefficient (Wildman–Crippen LogP) is 3.24. The molecule has 12 heteroatoms. The van der Waals surface area contributed by atoms with Gasteiger partial charge in [-0.3, -0.25) is 4.79 Å². The molecule has 1 aliphatic rings. The van der Waals surface area contributed by atoms with Crippen molar-refractivity contribution in [2.45, 2.75) is 49.4 Å². The molecule has 8 nitrogen and oxygen atoms in total. The number of sulfone groups is 1. The quantitative estimate of drug-likeness (QED) is 0.320. The maximum atomic E-state index is 13.3. The van der Waals surface area contributed by atoms with Gasteiger partial charge in [0, 0.05) is 12.1 Å². The molecule has 0 saturated carbocycles. The van der Waals surface area contributed by atoms with Gasteiger partial charge in [-0.1, -0.05) is 6.92 Å². The first-order valence-electron chi connectivity index (χ1n) is 9.60. The minimum atomic E-state index is -3.91. The summed E-state index contributed by atoms with van der Waals surface area (Å²) in [4.78, 5) is 13.4. The molecule has 170 valence electrons. The van der Waals surface area contributed by atoms with Crippen LogP contribution in [0.1, 0.15) is 52.7 Å². The van der Waals surface area contributed by atoms with Crippen molar-refractivity contribution in [2.75, 3.05) is 11.5 Å². The van der Waals surface area contributed by atoms with E-state index < -0.39 is 36.5 Å². The fourth-order valence-electron chi connectivity index (χ4n) is 3.53. The zero-order chi connectivity index (χ0) is 23.1. The lowest BCUT2D eigenvalue weighted by Gasteiger charge is -2.27. The summed E-state index contributed by atoms with van der Waals surface area (Å²) in [6.07, 6.45) is 1.59. The van der Waals surface area contributed by atoms with Crippen molar-refractivity contribution in [3.05, 3.63) is 40.6 Å². The van der Waals surface area contributed by atoms with E-state index in [9.17, 15) is 21.6 Å². The second-order valence-electron chi connectivity index (χ2n) is 7.20. The van der Waals surface area contributed by atoms with Crippen molar-refractivity contribution in [3.63, 3.8) is 0 Å². The number of benzene rings is 1. The molecule has 0 N–H and O–H groups in total. The predicted molar refractivity (Wildman–Crippen MR) is 118 cm³/mol. The molecule has 2 heterocycles. The highest BCUT2D eigenvalue weighted by atomic mass is 35.5. The van der Waals surface area contributed by atoms with Crippen LogP contribution in [0.15, 0.2) is 23.2 Å². The third kappa shape index (κ3) is 4.48. The van der Waals surface area contributed by atoms with Crippen molar-refractivity contribution < 1.29 is 25.8 Å². The first-order chi connectivity index (χ1) is 14.4. The Labute approximate surface area is 191 Å². The minimum Gasteiger partial charge on any atom is -0.361 e. The number of aromatic nitrogens is 2. The first-order valence-corrected chi connectivity index (χ1v) is 13.7. The van der Waals surface area contributed by atoms with E-state index in [0.717, 1.165) is 0 Å². The Morgan fingerprint density at radius 1 is 1.26 bits per heavy atom. The zero-order valence-electron chi connectivity index (χ0n) is 17.1. The Hall–Kier alpha value is -1.62. The van der Waals surface area contributed by atoms with Crippen molar-refractivity contribution >= 4 is 48.9 Å². The molecule has 0 radical (unpaired) electrons. The topological polar surface area (TPSA) is 112 Å². The fraction of sp³-hybridized carbons (Fsp3) is 0.474. The zero-order valence-corrected chi connectivity index (χ0v) is 20.3. The fourth-order valence-corrected chi connectivity index (χ4v) is 7.37. The van der Waals surface area contributed by atoms with Gasteiger partial charge in [0.05, 0.1) is 33.4 Å². The van der Waals surface area contributed by atoms with Crippen molar-refractivity contribution in [1.29, 1.82) is 0 Å². The Kier molecular flexibility index (Phi) is 6.76. The highest BCUT2D eigenvalue weighted by molar-refractivity contribution is 7.91. The van der Waals surface area contributed by atoms with Gasteiger partial charge < -0.3 is 4.18 Å². The molecule has 3 rings (SSSR count). The second kappa shape index (κ2) is 8.73. The van der Waals surface area contributed by atoms with E-state index in [-0.39, 0.29) is 45.5 Å². The molecule has 0 fully saturated rings. The third-order valence-electron chi connectivity index (χ3n) is 5.02. The van der Waals surface area contributed by atoms with Crippen molar-refractivity contribution in [3.8, 4) is 5.88 Å². The number of fused-ring (bicyclic) bond motifs is 1. The average Bonchev–Trinajstić information content (AvgIpc) is 3.07. The highest BCUT2D eigenvalue weighted by Gasteiger charge is 2.38. The molecular formula is C19H22Cl2N2O6S2. The molecule has 31 heavy (non-hydrogen) atoms. The van der Waals surface area contributed by atoms with Gasteiger partial charge in [-0.25, -0.2) is 13.1 Å². The molecule has 2 unspecified atom stereocenters. The summed E-state index contributed by atoms with van der Waals surface area (Å²) >= 11 is 12.6. The molecule has 1 aromatic heterocycles. The van der Waals surface area contributed by atoms with Crippen LogP contribution in [0.5, 0.6) is 5.88 Å². The van der Waals surface area contributed by atoms with Crippen LogP contribution in [0, 0.1) is 6.92 Å². The maximum Gasteiger partial charge on any atom is 0.310 e. The van der Waals surface area contributed by atoms with Crippen molar-refractivity contribution in [1.82, 2.24) is 9.78 Å². The van der Waals surface area contributed by atoms with Gasteiger partial charge in [0.1, 0.15) is 5.56 Å². The van der Waals surface area contributed by atoms with Crippen molar-refractivity contribution in [2.24, 2.45) is 0 Å². The largest absolute Gasteiger partial charge is 0.361 e. The summed E-state index contributed by atoms with van der Waals surface area (Å²) in [5.74, 6) is -1.24. The number of rotatable bonds is 7. The minimum absolute atomic E-state index is 0.0446. The Morgan fingerprint density at radius 2 is 1.94 bits per heavy atom. The number of halogens is 2. The molecule has 0 aliphatic carbocycles. The number of ketones is 1. The smallest absolute Gasteiger partial charge is 0.310 e. The van der Waals surface area contributed by atoms with Gasteiger partial charge in [-0.2, -0.15) is 13.5 Å². The average molecular weight is 509 g/mol. The highest BCUT2D eigenvalue weighted by Crippen LogP contribution is 2.42. The molecule has 0 saturated heterocycles. The summed E-state index contributed by atoms with van der Waals surface area (Å²) in [7, 11) is -7.55. The van der Waals surface area contributed by atoms with Crippen LogP contribution in [-0.4, -0.2) is 49.3 Å². The van der Waals surface area contributed by atoms with E-state index in [1.165, 1.54) is 23.0 Å². The van der Waals surface area contributed by atoms with Gasteiger partial charge >= 0.3 is 10.1 Å². The number of aryl methyl sites for hydroxylation is 1. The normalized spacial score (nSPS) is 20.3.